The molecule has 313 valence electrons. The van der Waals surface area contributed by atoms with E-state index in [1.54, 1.807) is 0 Å². The van der Waals surface area contributed by atoms with Crippen molar-refractivity contribution in [2.75, 3.05) is 17.3 Å². The van der Waals surface area contributed by atoms with Gasteiger partial charge >= 0.3 is 0 Å². The highest BCUT2D eigenvalue weighted by molar-refractivity contribution is 7.25. The number of nitrogens with one attached hydrogen (secondary N) is 1. The maximum Gasteiger partial charge on any atom is 0.197 e. The quantitative estimate of drug-likeness (QED) is 0.178. The van der Waals surface area contributed by atoms with E-state index in [1.807, 2.05) is 11.3 Å². The second-order valence-electron chi connectivity index (χ2n) is 20.9. The molecule has 3 aliphatic rings. The Hall–Kier alpha value is -6.30. The molecule has 0 bridgehead atoms. The van der Waals surface area contributed by atoms with Crippen molar-refractivity contribution >= 4 is 99.9 Å². The molecule has 1 N–H and O–H groups in total. The molecular formula is C59H53BN3S. The highest BCUT2D eigenvalue weighted by Gasteiger charge is 2.39. The van der Waals surface area contributed by atoms with E-state index in [0.29, 0.717) is 0 Å². The van der Waals surface area contributed by atoms with Crippen molar-refractivity contribution in [3.05, 3.63) is 168 Å². The molecule has 9 aromatic rings. The highest BCUT2D eigenvalue weighted by atomic mass is 32.1. The number of hydrogen-bond donors (Lipinski definition) is 1. The summed E-state index contributed by atoms with van der Waals surface area (Å²) in [6.45, 7) is 21.3. The molecule has 3 nitrogen and oxygen atoms in total. The van der Waals surface area contributed by atoms with E-state index in [-0.39, 0.29) is 16.2 Å². The number of hydrogen-bond acceptors (Lipinski definition) is 3. The van der Waals surface area contributed by atoms with Crippen LogP contribution in [-0.4, -0.2) is 18.9 Å². The first-order valence-electron chi connectivity index (χ1n) is 22.9. The van der Waals surface area contributed by atoms with Crippen molar-refractivity contribution in [3.8, 4) is 16.8 Å². The van der Waals surface area contributed by atoms with Crippen LogP contribution in [0.15, 0.2) is 140 Å². The summed E-state index contributed by atoms with van der Waals surface area (Å²) in [5.41, 5.74) is 21.0. The molecule has 7 aromatic carbocycles. The summed E-state index contributed by atoms with van der Waals surface area (Å²) in [4.78, 5) is 2.35. The number of nitrogens with zero attached hydrogens (tertiary/aromatic N) is 2. The highest BCUT2D eigenvalue weighted by Crippen LogP contribution is 2.50. The summed E-state index contributed by atoms with van der Waals surface area (Å²) in [6.07, 6.45) is 4.56. The third-order valence-electron chi connectivity index (χ3n) is 14.9. The zero-order valence-corrected chi connectivity index (χ0v) is 39.0. The van der Waals surface area contributed by atoms with Gasteiger partial charge in [-0.15, -0.1) is 11.3 Å². The van der Waals surface area contributed by atoms with Gasteiger partial charge in [0.15, 0.2) is 7.28 Å². The summed E-state index contributed by atoms with van der Waals surface area (Å²) >= 11 is 1.89. The predicted octanol–water partition coefficient (Wildman–Crippen LogP) is 14.7. The Bertz CT molecular complexity index is 3500. The van der Waals surface area contributed by atoms with Gasteiger partial charge < -0.3 is 14.8 Å². The van der Waals surface area contributed by atoms with Crippen molar-refractivity contribution in [2.45, 2.75) is 77.6 Å². The van der Waals surface area contributed by atoms with Gasteiger partial charge in [-0.25, -0.2) is 0 Å². The van der Waals surface area contributed by atoms with Crippen molar-refractivity contribution in [1.29, 1.82) is 0 Å². The van der Waals surface area contributed by atoms with Gasteiger partial charge in [-0.1, -0.05) is 139 Å². The monoisotopic (exact) mass is 846 g/mol. The number of allylic oxidation sites excluding steroid dienone is 2. The number of fused-ring (bicyclic) bond motifs is 10. The van der Waals surface area contributed by atoms with Gasteiger partial charge in [-0.3, -0.25) is 0 Å². The topological polar surface area (TPSA) is 20.2 Å². The van der Waals surface area contributed by atoms with Crippen molar-refractivity contribution in [3.63, 3.8) is 0 Å². The number of rotatable bonds is 4. The van der Waals surface area contributed by atoms with E-state index in [0.717, 1.165) is 41.1 Å². The molecule has 1 aliphatic carbocycles. The van der Waals surface area contributed by atoms with Crippen LogP contribution in [0.25, 0.3) is 70.1 Å². The second-order valence-corrected chi connectivity index (χ2v) is 22.0. The van der Waals surface area contributed by atoms with Crippen molar-refractivity contribution in [1.82, 2.24) is 4.57 Å². The first-order chi connectivity index (χ1) is 30.6. The molecule has 0 unspecified atom stereocenters. The molecule has 12 rings (SSSR count). The molecule has 0 fully saturated rings. The van der Waals surface area contributed by atoms with Crippen molar-refractivity contribution in [2.24, 2.45) is 0 Å². The van der Waals surface area contributed by atoms with E-state index in [2.05, 4.69) is 218 Å². The largest absolute Gasteiger partial charge is 0.355 e. The Morgan fingerprint density at radius 1 is 0.656 bits per heavy atom. The Kier molecular flexibility index (Phi) is 8.36. The molecule has 0 saturated carbocycles. The van der Waals surface area contributed by atoms with E-state index in [1.165, 1.54) is 97.7 Å². The van der Waals surface area contributed by atoms with Crippen LogP contribution < -0.4 is 21.1 Å². The summed E-state index contributed by atoms with van der Waals surface area (Å²) in [5, 5.41) is 9.20. The molecule has 2 aliphatic heterocycles. The molecule has 0 amide bonds. The molecule has 0 spiro atoms. The maximum atomic E-state index is 4.67. The molecule has 2 aromatic heterocycles. The lowest BCUT2D eigenvalue weighted by atomic mass is 9.58. The SMILES string of the molecule is C=C1C=C(c2ccccc2)N(C)c2cc3c(cc21)[B]c1c(-c2cc4c(cc2Nc2ccc(C(C)(C)C)cc2)C(C)(C)CCC4(C)C)ccc2c4cc5sc6ccccc6c5cc4n-3c12. The van der Waals surface area contributed by atoms with Crippen LogP contribution in [0.1, 0.15) is 89.1 Å². The van der Waals surface area contributed by atoms with Crippen LogP contribution in [0.2, 0.25) is 0 Å². The van der Waals surface area contributed by atoms with Crippen LogP contribution in [0.5, 0.6) is 0 Å². The molecule has 0 atom stereocenters. The number of aromatic nitrogens is 1. The summed E-state index contributed by atoms with van der Waals surface area (Å²) in [5.74, 6) is 0. The van der Waals surface area contributed by atoms with Gasteiger partial charge in [0.1, 0.15) is 0 Å². The van der Waals surface area contributed by atoms with E-state index in [4.69, 9.17) is 0 Å². The maximum absolute atomic E-state index is 4.67. The van der Waals surface area contributed by atoms with Gasteiger partial charge in [0, 0.05) is 77.4 Å². The van der Waals surface area contributed by atoms with E-state index < -0.39 is 0 Å². The summed E-state index contributed by atoms with van der Waals surface area (Å²) < 4.78 is 5.24. The lowest BCUT2D eigenvalue weighted by Gasteiger charge is -2.42. The van der Waals surface area contributed by atoms with Gasteiger partial charge in [-0.05, 0) is 123 Å². The molecule has 1 radical (unpaired) electrons. The average molecular weight is 847 g/mol. The smallest absolute Gasteiger partial charge is 0.197 e. The van der Waals surface area contributed by atoms with Crippen LogP contribution in [-0.2, 0) is 16.2 Å². The van der Waals surface area contributed by atoms with Gasteiger partial charge in [-0.2, -0.15) is 0 Å². The first-order valence-corrected chi connectivity index (χ1v) is 23.7. The standard InChI is InChI=1S/C59H53BN3S/c1-34-27-49(35-15-11-10-12-16-35)62(9)50-33-52-47(29-41(34)50)60-55-39(23-24-40-43-31-54-44(30-51(43)63(52)56(40)55)38-17-13-14-18-53(38)64-54)42-28-45-46(59(7,8)26-25-58(45,5)6)32-48(42)61-37-21-19-36(20-22-37)57(2,3)4/h10-24,27-33,61H,1,25-26H2,2-9H3. The third kappa shape index (κ3) is 5.86. The summed E-state index contributed by atoms with van der Waals surface area (Å²) in [6, 6.07) is 48.3. The Labute approximate surface area is 382 Å². The second kappa shape index (κ2) is 13.6. The Morgan fingerprint density at radius 3 is 2.12 bits per heavy atom. The van der Waals surface area contributed by atoms with Gasteiger partial charge in [0.05, 0.1) is 11.2 Å². The van der Waals surface area contributed by atoms with Gasteiger partial charge in [0.25, 0.3) is 0 Å². The molecule has 5 heteroatoms. The Balaban J connectivity index is 1.13. The molecule has 64 heavy (non-hydrogen) atoms. The fraction of sp³-hybridized carbons (Fsp3) is 0.220. The minimum atomic E-state index is 0.0468. The minimum Gasteiger partial charge on any atom is -0.355 e. The number of benzene rings is 7. The lowest BCUT2D eigenvalue weighted by molar-refractivity contribution is 0.332. The van der Waals surface area contributed by atoms with Crippen LogP contribution in [0.4, 0.5) is 17.1 Å². The van der Waals surface area contributed by atoms with E-state index in [9.17, 15) is 0 Å². The van der Waals surface area contributed by atoms with Crippen LogP contribution >= 0.6 is 11.3 Å². The molecule has 4 heterocycles. The molecular weight excluding hydrogens is 794 g/mol. The van der Waals surface area contributed by atoms with Crippen molar-refractivity contribution < 1.29 is 0 Å². The van der Waals surface area contributed by atoms with Crippen LogP contribution in [0, 0.1) is 0 Å². The fourth-order valence-electron chi connectivity index (χ4n) is 11.1. The summed E-state index contributed by atoms with van der Waals surface area (Å²) in [7, 11) is 4.67. The fourth-order valence-corrected chi connectivity index (χ4v) is 12.2. The zero-order valence-electron chi connectivity index (χ0n) is 38.2. The molecule has 0 saturated heterocycles. The lowest BCUT2D eigenvalue weighted by Crippen LogP contribution is -2.38. The average Bonchev–Trinajstić information content (AvgIpc) is 3.81. The third-order valence-corrected chi connectivity index (χ3v) is 16.0. The predicted molar refractivity (Wildman–Crippen MR) is 280 cm³/mol. The Morgan fingerprint density at radius 2 is 1.38 bits per heavy atom. The number of anilines is 3. The normalized spacial score (nSPS) is 16.2. The van der Waals surface area contributed by atoms with Gasteiger partial charge in [0.2, 0.25) is 0 Å². The zero-order chi connectivity index (χ0) is 44.0. The first kappa shape index (κ1) is 39.3. The van der Waals surface area contributed by atoms with E-state index >= 15 is 0 Å². The number of thiophene rings is 1. The minimum absolute atomic E-state index is 0.0468. The van der Waals surface area contributed by atoms with Crippen LogP contribution in [0.3, 0.4) is 0 Å².